The number of fused-ring (bicyclic) bond motifs is 6. The van der Waals surface area contributed by atoms with Crippen LogP contribution in [0, 0.1) is 0 Å². The number of nitrogens with zero attached hydrogens (tertiary/aromatic N) is 1. The molecule has 0 atom stereocenters. The molecule has 4 aromatic rings. The van der Waals surface area contributed by atoms with Crippen molar-refractivity contribution in [3.63, 3.8) is 0 Å². The number of carbonyl (C=O) groups is 2. The minimum Gasteiger partial charge on any atom is -0.508 e. The average Bonchev–Trinajstić information content (AvgIpc) is 3.16. The lowest BCUT2D eigenvalue weighted by molar-refractivity contribution is 0.0224. The van der Waals surface area contributed by atoms with E-state index in [1.807, 2.05) is 0 Å². The SMILES string of the molecule is NC(=O)N(c1cccc(S(N)(=O)=O)c1)c1cccc2c1C(=O)OC21c2ccc(O)cc2Oc2cc(O)ccc21. The fourth-order valence-corrected chi connectivity index (χ4v) is 5.65. The van der Waals surface area contributed by atoms with E-state index in [4.69, 9.17) is 20.3 Å². The monoisotopic (exact) mass is 545 g/mol. The summed E-state index contributed by atoms with van der Waals surface area (Å²) < 4.78 is 36.0. The lowest BCUT2D eigenvalue weighted by Gasteiger charge is -2.36. The molecule has 2 heterocycles. The highest BCUT2D eigenvalue weighted by molar-refractivity contribution is 7.89. The molecule has 196 valence electrons. The van der Waals surface area contributed by atoms with E-state index in [0.717, 1.165) is 4.90 Å². The van der Waals surface area contributed by atoms with Crippen molar-refractivity contribution in [1.29, 1.82) is 0 Å². The number of carbonyl (C=O) groups excluding carboxylic acids is 2. The number of hydrogen-bond donors (Lipinski definition) is 4. The molecule has 0 bridgehead atoms. The summed E-state index contributed by atoms with van der Waals surface area (Å²) in [6, 6.07) is 17.6. The summed E-state index contributed by atoms with van der Waals surface area (Å²) in [6.07, 6.45) is 0. The number of benzene rings is 4. The summed E-state index contributed by atoms with van der Waals surface area (Å²) >= 11 is 0. The predicted octanol–water partition coefficient (Wildman–Crippen LogP) is 3.53. The Labute approximate surface area is 221 Å². The van der Waals surface area contributed by atoms with Gasteiger partial charge in [0.15, 0.2) is 5.60 Å². The van der Waals surface area contributed by atoms with E-state index in [0.29, 0.717) is 16.7 Å². The van der Waals surface area contributed by atoms with Gasteiger partial charge >= 0.3 is 12.0 Å². The van der Waals surface area contributed by atoms with Crippen LogP contribution < -0.4 is 20.5 Å². The van der Waals surface area contributed by atoms with Crippen molar-refractivity contribution in [3.05, 3.63) is 101 Å². The Morgan fingerprint density at radius 1 is 0.846 bits per heavy atom. The first-order valence-electron chi connectivity index (χ1n) is 11.4. The Kier molecular flexibility index (Phi) is 5.11. The summed E-state index contributed by atoms with van der Waals surface area (Å²) in [7, 11) is -4.11. The first-order chi connectivity index (χ1) is 18.5. The summed E-state index contributed by atoms with van der Waals surface area (Å²) in [4.78, 5) is 27.1. The number of sulfonamides is 1. The van der Waals surface area contributed by atoms with Gasteiger partial charge in [-0.2, -0.15) is 0 Å². The molecule has 0 aromatic heterocycles. The number of amides is 2. The molecular weight excluding hydrogens is 526 g/mol. The van der Waals surface area contributed by atoms with Crippen molar-refractivity contribution in [1.82, 2.24) is 0 Å². The number of hydrogen-bond acceptors (Lipinski definition) is 8. The molecule has 2 aliphatic heterocycles. The molecule has 6 rings (SSSR count). The highest BCUT2D eigenvalue weighted by Gasteiger charge is 2.55. The van der Waals surface area contributed by atoms with Crippen LogP contribution >= 0.6 is 0 Å². The number of primary amides is 1. The van der Waals surface area contributed by atoms with Gasteiger partial charge in [-0.25, -0.2) is 23.1 Å². The maximum Gasteiger partial charge on any atom is 0.342 e. The number of primary sulfonamides is 1. The number of phenolic OH excluding ortho intramolecular Hbond substituents is 2. The van der Waals surface area contributed by atoms with Gasteiger partial charge in [0.05, 0.1) is 21.8 Å². The Bertz CT molecular complexity index is 1790. The molecule has 0 unspecified atom stereocenters. The van der Waals surface area contributed by atoms with Crippen LogP contribution in [0.2, 0.25) is 0 Å². The summed E-state index contributed by atoms with van der Waals surface area (Å²) in [5.74, 6) is -0.617. The molecule has 1 spiro atoms. The van der Waals surface area contributed by atoms with Crippen LogP contribution in [0.1, 0.15) is 27.0 Å². The first kappa shape index (κ1) is 24.3. The lowest BCUT2D eigenvalue weighted by atomic mass is 9.77. The van der Waals surface area contributed by atoms with Gasteiger partial charge in [-0.1, -0.05) is 18.2 Å². The van der Waals surface area contributed by atoms with Crippen molar-refractivity contribution in [2.45, 2.75) is 10.5 Å². The molecule has 0 saturated heterocycles. The zero-order valence-corrected chi connectivity index (χ0v) is 20.7. The van der Waals surface area contributed by atoms with Crippen LogP contribution in [0.3, 0.4) is 0 Å². The third kappa shape index (κ3) is 3.57. The number of urea groups is 1. The lowest BCUT2D eigenvalue weighted by Crippen LogP contribution is -2.33. The number of phenols is 2. The minimum atomic E-state index is -4.11. The Hall–Kier alpha value is -5.07. The van der Waals surface area contributed by atoms with Gasteiger partial charge in [-0.15, -0.1) is 0 Å². The summed E-state index contributed by atoms with van der Waals surface area (Å²) in [5.41, 5.74) is 5.38. The van der Waals surface area contributed by atoms with E-state index >= 15 is 0 Å². The maximum atomic E-state index is 13.6. The molecule has 0 aliphatic carbocycles. The van der Waals surface area contributed by atoms with Crippen molar-refractivity contribution in [2.75, 3.05) is 4.90 Å². The highest BCUT2D eigenvalue weighted by Crippen LogP contribution is 2.58. The Balaban J connectivity index is 1.63. The molecule has 6 N–H and O–H groups in total. The fourth-order valence-electron chi connectivity index (χ4n) is 5.10. The normalized spacial score (nSPS) is 14.5. The van der Waals surface area contributed by atoms with Crippen LogP contribution in [0.25, 0.3) is 0 Å². The van der Waals surface area contributed by atoms with E-state index in [1.54, 1.807) is 24.3 Å². The van der Waals surface area contributed by atoms with Gasteiger partial charge in [0.25, 0.3) is 0 Å². The van der Waals surface area contributed by atoms with Crippen LogP contribution in [-0.2, 0) is 20.4 Å². The van der Waals surface area contributed by atoms with E-state index < -0.39 is 27.6 Å². The van der Waals surface area contributed by atoms with E-state index in [1.165, 1.54) is 54.6 Å². The average molecular weight is 546 g/mol. The van der Waals surface area contributed by atoms with Gasteiger partial charge in [-0.3, -0.25) is 4.90 Å². The number of ether oxygens (including phenoxy) is 2. The minimum absolute atomic E-state index is 0.00254. The van der Waals surface area contributed by atoms with E-state index in [2.05, 4.69) is 0 Å². The third-order valence-electron chi connectivity index (χ3n) is 6.65. The number of nitrogens with two attached hydrogens (primary N) is 2. The molecular formula is C27H19N3O8S. The molecule has 0 radical (unpaired) electrons. The smallest absolute Gasteiger partial charge is 0.342 e. The van der Waals surface area contributed by atoms with Gasteiger partial charge in [0, 0.05) is 28.8 Å². The first-order valence-corrected chi connectivity index (χ1v) is 13.0. The van der Waals surface area contributed by atoms with Crippen LogP contribution in [0.15, 0.2) is 83.8 Å². The molecule has 11 nitrogen and oxygen atoms in total. The topological polar surface area (TPSA) is 182 Å². The van der Waals surface area contributed by atoms with Crippen LogP contribution in [0.4, 0.5) is 16.2 Å². The Morgan fingerprint density at radius 3 is 2.05 bits per heavy atom. The standard InChI is InChI=1S/C27H19N3O8S/c28-26(34)30(14-3-1-4-17(11-14)39(29,35)36)21-6-2-5-20-24(21)25(33)38-27(20)18-9-7-15(31)12-22(18)37-23-13-16(32)8-10-19(23)27/h1-13,31-32H,(H2,28,34)(H2,29,35,36). The molecule has 0 saturated carbocycles. The second kappa shape index (κ2) is 8.21. The van der Waals surface area contributed by atoms with Gasteiger partial charge in [0.1, 0.15) is 23.0 Å². The van der Waals surface area contributed by atoms with Crippen molar-refractivity contribution in [3.8, 4) is 23.0 Å². The second-order valence-corrected chi connectivity index (χ2v) is 10.5. The number of rotatable bonds is 3. The fraction of sp³-hybridized carbons (Fsp3) is 0.0370. The maximum absolute atomic E-state index is 13.6. The predicted molar refractivity (Wildman–Crippen MR) is 138 cm³/mol. The van der Waals surface area contributed by atoms with Gasteiger partial charge in [0.2, 0.25) is 10.0 Å². The molecule has 2 amide bonds. The van der Waals surface area contributed by atoms with Crippen molar-refractivity contribution in [2.24, 2.45) is 10.9 Å². The third-order valence-corrected chi connectivity index (χ3v) is 7.56. The second-order valence-electron chi connectivity index (χ2n) is 8.95. The molecule has 2 aliphatic rings. The van der Waals surface area contributed by atoms with Gasteiger partial charge < -0.3 is 25.4 Å². The van der Waals surface area contributed by atoms with Crippen molar-refractivity contribution < 1.29 is 37.7 Å². The summed E-state index contributed by atoms with van der Waals surface area (Å²) in [6.45, 7) is 0. The van der Waals surface area contributed by atoms with Crippen molar-refractivity contribution >= 4 is 33.4 Å². The molecule has 4 aromatic carbocycles. The molecule has 0 fully saturated rings. The van der Waals surface area contributed by atoms with E-state index in [9.17, 15) is 28.2 Å². The van der Waals surface area contributed by atoms with Gasteiger partial charge in [-0.05, 0) is 48.5 Å². The van der Waals surface area contributed by atoms with E-state index in [-0.39, 0.29) is 44.8 Å². The Morgan fingerprint density at radius 2 is 1.46 bits per heavy atom. The number of anilines is 2. The number of esters is 1. The number of aromatic hydroxyl groups is 2. The molecule has 12 heteroatoms. The van der Waals surface area contributed by atoms with Crippen LogP contribution in [0.5, 0.6) is 23.0 Å². The zero-order valence-electron chi connectivity index (χ0n) is 19.9. The highest BCUT2D eigenvalue weighted by atomic mass is 32.2. The molecule has 39 heavy (non-hydrogen) atoms. The largest absolute Gasteiger partial charge is 0.508 e. The quantitative estimate of drug-likeness (QED) is 0.282. The zero-order chi connectivity index (χ0) is 27.7. The summed E-state index contributed by atoms with van der Waals surface area (Å²) in [5, 5.41) is 25.5. The van der Waals surface area contributed by atoms with Crippen LogP contribution in [-0.4, -0.2) is 30.6 Å².